The second-order valence-electron chi connectivity index (χ2n) is 4.39. The van der Waals surface area contributed by atoms with Gasteiger partial charge in [0, 0.05) is 0 Å². The Morgan fingerprint density at radius 1 is 1.24 bits per heavy atom. The van der Waals surface area contributed by atoms with Crippen molar-refractivity contribution in [1.82, 2.24) is 0 Å². The summed E-state index contributed by atoms with van der Waals surface area (Å²) in [7, 11) is 0. The monoisotopic (exact) mass is 308 g/mol. The van der Waals surface area contributed by atoms with Crippen LogP contribution in [-0.4, -0.2) is 12.8 Å². The number of ether oxygens (including phenoxy) is 3. The van der Waals surface area contributed by atoms with Gasteiger partial charge in [0.15, 0.2) is 11.5 Å². The van der Waals surface area contributed by atoms with Crippen LogP contribution in [0.3, 0.4) is 0 Å². The molecule has 21 heavy (non-hydrogen) atoms. The molecule has 108 valence electrons. The summed E-state index contributed by atoms with van der Waals surface area (Å²) in [5, 5.41) is 0.290. The van der Waals surface area contributed by atoms with E-state index in [1.807, 2.05) is 0 Å². The third-order valence-corrected chi connectivity index (χ3v) is 3.23. The quantitative estimate of drug-likeness (QED) is 0.813. The highest BCUT2D eigenvalue weighted by Crippen LogP contribution is 2.39. The fraction of sp³-hybridized carbons (Fsp3) is 0.133. The zero-order valence-corrected chi connectivity index (χ0v) is 11.5. The van der Waals surface area contributed by atoms with Crippen LogP contribution in [0, 0.1) is 5.82 Å². The summed E-state index contributed by atoms with van der Waals surface area (Å²) in [4.78, 5) is 12.0. The largest absolute Gasteiger partial charge is 0.457 e. The molecule has 0 spiro atoms. The van der Waals surface area contributed by atoms with E-state index in [0.717, 1.165) is 0 Å². The lowest BCUT2D eigenvalue weighted by Crippen LogP contribution is -2.05. The first kappa shape index (κ1) is 13.7. The maximum absolute atomic E-state index is 12.8. The van der Waals surface area contributed by atoms with Crippen LogP contribution in [-0.2, 0) is 11.3 Å². The number of fused-ring (bicyclic) bond motifs is 1. The second kappa shape index (κ2) is 5.61. The van der Waals surface area contributed by atoms with Gasteiger partial charge in [-0.15, -0.1) is 0 Å². The smallest absolute Gasteiger partial charge is 0.338 e. The van der Waals surface area contributed by atoms with Gasteiger partial charge in [0.2, 0.25) is 6.79 Å². The summed E-state index contributed by atoms with van der Waals surface area (Å²) in [5.41, 5.74) is 0.961. The Bertz CT molecular complexity index is 685. The van der Waals surface area contributed by atoms with E-state index in [0.29, 0.717) is 22.1 Å². The maximum Gasteiger partial charge on any atom is 0.338 e. The van der Waals surface area contributed by atoms with E-state index < -0.39 is 5.97 Å². The van der Waals surface area contributed by atoms with Crippen LogP contribution in [0.2, 0.25) is 5.02 Å². The van der Waals surface area contributed by atoms with E-state index in [1.165, 1.54) is 24.3 Å². The topological polar surface area (TPSA) is 44.8 Å². The summed E-state index contributed by atoms with van der Waals surface area (Å²) in [6.45, 7) is 0.119. The number of carbonyl (C=O) groups is 1. The van der Waals surface area contributed by atoms with Crippen LogP contribution in [0.5, 0.6) is 11.5 Å². The maximum atomic E-state index is 12.8. The van der Waals surface area contributed by atoms with Crippen molar-refractivity contribution in [2.45, 2.75) is 6.61 Å². The highest BCUT2D eigenvalue weighted by Gasteiger charge is 2.21. The van der Waals surface area contributed by atoms with Gasteiger partial charge in [0.05, 0.1) is 10.6 Å². The molecule has 0 saturated carbocycles. The van der Waals surface area contributed by atoms with Crippen molar-refractivity contribution in [3.05, 3.63) is 58.4 Å². The van der Waals surface area contributed by atoms with Crippen LogP contribution in [0.15, 0.2) is 36.4 Å². The van der Waals surface area contributed by atoms with Crippen LogP contribution in [0.4, 0.5) is 4.39 Å². The molecule has 0 aromatic heterocycles. The van der Waals surface area contributed by atoms with E-state index in [1.54, 1.807) is 12.1 Å². The van der Waals surface area contributed by atoms with E-state index in [4.69, 9.17) is 25.8 Å². The molecule has 0 aliphatic carbocycles. The van der Waals surface area contributed by atoms with Gasteiger partial charge in [-0.1, -0.05) is 23.7 Å². The van der Waals surface area contributed by atoms with Crippen LogP contribution in [0.1, 0.15) is 15.9 Å². The second-order valence-corrected chi connectivity index (χ2v) is 4.80. The Hall–Kier alpha value is -2.27. The number of halogens is 2. The third kappa shape index (κ3) is 2.92. The molecule has 1 aliphatic heterocycles. The van der Waals surface area contributed by atoms with Crippen molar-refractivity contribution in [1.29, 1.82) is 0 Å². The summed E-state index contributed by atoms with van der Waals surface area (Å²) in [5.74, 6) is -0.0462. The summed E-state index contributed by atoms with van der Waals surface area (Å²) in [6, 6.07) is 8.69. The zero-order valence-electron chi connectivity index (χ0n) is 10.8. The molecule has 1 aliphatic rings. The molecule has 0 unspecified atom stereocenters. The minimum absolute atomic E-state index is 0.0468. The molecule has 0 atom stereocenters. The first-order chi connectivity index (χ1) is 10.1. The summed E-state index contributed by atoms with van der Waals surface area (Å²) in [6.07, 6.45) is 0. The number of rotatable bonds is 3. The van der Waals surface area contributed by atoms with Crippen molar-refractivity contribution in [3.63, 3.8) is 0 Å². The predicted octanol–water partition coefficient (Wildman–Crippen LogP) is 3.56. The van der Waals surface area contributed by atoms with Gasteiger partial charge in [0.1, 0.15) is 12.4 Å². The molecule has 1 heterocycles. The normalized spacial score (nSPS) is 12.3. The minimum Gasteiger partial charge on any atom is -0.457 e. The number of hydrogen-bond donors (Lipinski definition) is 0. The van der Waals surface area contributed by atoms with Crippen molar-refractivity contribution in [2.75, 3.05) is 6.79 Å². The molecule has 4 nitrogen and oxygen atoms in total. The number of carbonyl (C=O) groups excluding carboxylic acids is 1. The average molecular weight is 309 g/mol. The highest BCUT2D eigenvalue weighted by atomic mass is 35.5. The molecule has 0 N–H and O–H groups in total. The van der Waals surface area contributed by atoms with Crippen molar-refractivity contribution in [3.8, 4) is 11.5 Å². The lowest BCUT2D eigenvalue weighted by Gasteiger charge is -2.07. The minimum atomic E-state index is -0.542. The SMILES string of the molecule is O=C(OCc1ccc(F)cc1)c1cc(Cl)c2c(c1)OCO2. The van der Waals surface area contributed by atoms with Crippen molar-refractivity contribution >= 4 is 17.6 Å². The first-order valence-electron chi connectivity index (χ1n) is 6.14. The molecule has 0 radical (unpaired) electrons. The molecular formula is C15H10ClFO4. The Morgan fingerprint density at radius 3 is 2.76 bits per heavy atom. The van der Waals surface area contributed by atoms with E-state index in [-0.39, 0.29) is 24.8 Å². The van der Waals surface area contributed by atoms with Gasteiger partial charge < -0.3 is 14.2 Å². The van der Waals surface area contributed by atoms with Crippen molar-refractivity contribution < 1.29 is 23.4 Å². The zero-order chi connectivity index (χ0) is 14.8. The molecule has 0 saturated heterocycles. The standard InChI is InChI=1S/C15H10ClFO4/c16-12-5-10(6-13-14(12)21-8-20-13)15(18)19-7-9-1-3-11(17)4-2-9/h1-6H,7-8H2. The molecule has 0 fully saturated rings. The lowest BCUT2D eigenvalue weighted by atomic mass is 10.2. The molecule has 2 aromatic rings. The fourth-order valence-electron chi connectivity index (χ4n) is 1.90. The predicted molar refractivity (Wildman–Crippen MR) is 73.1 cm³/mol. The summed E-state index contributed by atoms with van der Waals surface area (Å²) >= 11 is 6.00. The lowest BCUT2D eigenvalue weighted by molar-refractivity contribution is 0.0472. The molecule has 0 bridgehead atoms. The number of hydrogen-bond acceptors (Lipinski definition) is 4. The Balaban J connectivity index is 1.71. The van der Waals surface area contributed by atoms with Crippen LogP contribution < -0.4 is 9.47 Å². The Morgan fingerprint density at radius 2 is 2.00 bits per heavy atom. The van der Waals surface area contributed by atoms with Gasteiger partial charge in [-0.05, 0) is 29.8 Å². The van der Waals surface area contributed by atoms with E-state index in [2.05, 4.69) is 0 Å². The highest BCUT2D eigenvalue weighted by molar-refractivity contribution is 6.32. The third-order valence-electron chi connectivity index (χ3n) is 2.95. The number of benzene rings is 2. The van der Waals surface area contributed by atoms with Gasteiger partial charge in [-0.25, -0.2) is 9.18 Å². The van der Waals surface area contributed by atoms with Crippen LogP contribution >= 0.6 is 11.6 Å². The van der Waals surface area contributed by atoms with Gasteiger partial charge in [0.25, 0.3) is 0 Å². The molecule has 0 amide bonds. The Labute approximate surface area is 125 Å². The summed E-state index contributed by atoms with van der Waals surface area (Å²) < 4.78 is 28.3. The van der Waals surface area contributed by atoms with Crippen LogP contribution in [0.25, 0.3) is 0 Å². The van der Waals surface area contributed by atoms with Gasteiger partial charge in [-0.2, -0.15) is 0 Å². The molecular weight excluding hydrogens is 299 g/mol. The average Bonchev–Trinajstić information content (AvgIpc) is 2.95. The molecule has 3 rings (SSSR count). The first-order valence-corrected chi connectivity index (χ1v) is 6.52. The molecule has 2 aromatic carbocycles. The fourth-order valence-corrected chi connectivity index (χ4v) is 2.16. The molecule has 6 heteroatoms. The van der Waals surface area contributed by atoms with Gasteiger partial charge >= 0.3 is 5.97 Å². The Kier molecular flexibility index (Phi) is 3.66. The number of esters is 1. The van der Waals surface area contributed by atoms with E-state index in [9.17, 15) is 9.18 Å². The van der Waals surface area contributed by atoms with Gasteiger partial charge in [-0.3, -0.25) is 0 Å². The van der Waals surface area contributed by atoms with E-state index >= 15 is 0 Å². The van der Waals surface area contributed by atoms with Crippen molar-refractivity contribution in [2.24, 2.45) is 0 Å².